The number of aromatic amines is 1. The number of hydrogen-bond donors (Lipinski definition) is 2. The van der Waals surface area contributed by atoms with Crippen molar-refractivity contribution in [1.82, 2.24) is 19.9 Å². The van der Waals surface area contributed by atoms with Gasteiger partial charge in [-0.25, -0.2) is 4.98 Å². The number of aromatic nitrogens is 4. The molecule has 2 heterocycles. The number of rotatable bonds is 4. The fourth-order valence-electron chi connectivity index (χ4n) is 1.25. The summed E-state index contributed by atoms with van der Waals surface area (Å²) in [6, 6.07) is 0. The number of anilines is 1. The van der Waals surface area contributed by atoms with Gasteiger partial charge < -0.3 is 15.5 Å². The third-order valence-corrected chi connectivity index (χ3v) is 2.04. The van der Waals surface area contributed by atoms with Crippen LogP contribution in [-0.2, 0) is 0 Å². The summed E-state index contributed by atoms with van der Waals surface area (Å²) in [5.41, 5.74) is 7.77. The summed E-state index contributed by atoms with van der Waals surface area (Å²) >= 11 is 0. The van der Waals surface area contributed by atoms with Crippen LogP contribution in [0, 0.1) is 0 Å². The van der Waals surface area contributed by atoms with E-state index in [1.807, 2.05) is 6.92 Å². The molecule has 0 aromatic carbocycles. The van der Waals surface area contributed by atoms with Crippen LogP contribution in [0.1, 0.15) is 13.3 Å². The number of ether oxygens (including phenoxy) is 1. The Hall–Kier alpha value is -2.11. The highest BCUT2D eigenvalue weighted by Gasteiger charge is 2.09. The fraction of sp³-hybridized carbons (Fsp3) is 0.300. The van der Waals surface area contributed by atoms with E-state index in [0.717, 1.165) is 12.0 Å². The van der Waals surface area contributed by atoms with E-state index in [-0.39, 0.29) is 5.95 Å². The van der Waals surface area contributed by atoms with Crippen molar-refractivity contribution in [3.63, 3.8) is 0 Å². The number of nitrogen functional groups attached to an aromatic ring is 1. The van der Waals surface area contributed by atoms with Gasteiger partial charge in [0.1, 0.15) is 5.52 Å². The Labute approximate surface area is 92.6 Å². The Bertz CT molecular complexity index is 519. The van der Waals surface area contributed by atoms with Crippen molar-refractivity contribution in [1.29, 1.82) is 0 Å². The Balaban J connectivity index is 2.22. The standard InChI is InChI=1S/C10H13N5O/c1-6(2)3-4-16-9-7-8(13-5-12-7)14-10(11)15-9/h5H,1,3-4H2,2H3,(H3,11,12,13,14,15). The number of imidazole rings is 1. The van der Waals surface area contributed by atoms with Gasteiger partial charge in [0, 0.05) is 6.42 Å². The van der Waals surface area contributed by atoms with Gasteiger partial charge in [-0.05, 0) is 6.92 Å². The Morgan fingerprint density at radius 2 is 2.38 bits per heavy atom. The molecular formula is C10H13N5O. The van der Waals surface area contributed by atoms with Gasteiger partial charge in [0.2, 0.25) is 11.8 Å². The van der Waals surface area contributed by atoms with E-state index in [4.69, 9.17) is 10.5 Å². The van der Waals surface area contributed by atoms with E-state index in [1.165, 1.54) is 6.33 Å². The minimum absolute atomic E-state index is 0.157. The van der Waals surface area contributed by atoms with Crippen LogP contribution in [0.15, 0.2) is 18.5 Å². The maximum Gasteiger partial charge on any atom is 0.245 e. The molecule has 0 amide bonds. The first-order chi connectivity index (χ1) is 7.66. The van der Waals surface area contributed by atoms with Crippen molar-refractivity contribution in [2.24, 2.45) is 0 Å². The molecule has 0 spiro atoms. The molecule has 0 saturated carbocycles. The van der Waals surface area contributed by atoms with E-state index in [1.54, 1.807) is 0 Å². The largest absolute Gasteiger partial charge is 0.476 e. The number of fused-ring (bicyclic) bond motifs is 1. The molecule has 2 aromatic heterocycles. The van der Waals surface area contributed by atoms with Crippen molar-refractivity contribution in [2.75, 3.05) is 12.3 Å². The molecule has 16 heavy (non-hydrogen) atoms. The van der Waals surface area contributed by atoms with E-state index in [2.05, 4.69) is 26.5 Å². The quantitative estimate of drug-likeness (QED) is 0.756. The van der Waals surface area contributed by atoms with E-state index >= 15 is 0 Å². The predicted octanol–water partition coefficient (Wildman–Crippen LogP) is 1.28. The number of nitrogens with zero attached hydrogens (tertiary/aromatic N) is 3. The first-order valence-electron chi connectivity index (χ1n) is 4.90. The highest BCUT2D eigenvalue weighted by atomic mass is 16.5. The van der Waals surface area contributed by atoms with Crippen molar-refractivity contribution in [3.8, 4) is 5.88 Å². The average molecular weight is 219 g/mol. The monoisotopic (exact) mass is 219 g/mol. The molecule has 84 valence electrons. The fourth-order valence-corrected chi connectivity index (χ4v) is 1.25. The molecule has 0 aliphatic heterocycles. The molecule has 0 radical (unpaired) electrons. The van der Waals surface area contributed by atoms with Crippen LogP contribution in [0.4, 0.5) is 5.95 Å². The lowest BCUT2D eigenvalue weighted by Gasteiger charge is -2.05. The Morgan fingerprint density at radius 3 is 3.12 bits per heavy atom. The highest BCUT2D eigenvalue weighted by molar-refractivity contribution is 5.76. The summed E-state index contributed by atoms with van der Waals surface area (Å²) < 4.78 is 5.51. The van der Waals surface area contributed by atoms with Crippen molar-refractivity contribution in [2.45, 2.75) is 13.3 Å². The van der Waals surface area contributed by atoms with Crippen LogP contribution in [-0.4, -0.2) is 26.5 Å². The second-order valence-corrected chi connectivity index (χ2v) is 3.54. The van der Waals surface area contributed by atoms with Crippen LogP contribution >= 0.6 is 0 Å². The maximum absolute atomic E-state index is 5.54. The van der Waals surface area contributed by atoms with Gasteiger partial charge in [0.25, 0.3) is 0 Å². The number of nitrogens with one attached hydrogen (secondary N) is 1. The summed E-state index contributed by atoms with van der Waals surface area (Å²) in [7, 11) is 0. The SMILES string of the molecule is C=C(C)CCOc1nc(N)nc2nc[nH]c12. The average Bonchev–Trinajstić information content (AvgIpc) is 2.64. The lowest BCUT2D eigenvalue weighted by molar-refractivity contribution is 0.313. The summed E-state index contributed by atoms with van der Waals surface area (Å²) in [5.74, 6) is 0.589. The molecule has 2 rings (SSSR count). The summed E-state index contributed by atoms with van der Waals surface area (Å²) in [5, 5.41) is 0. The number of H-pyrrole nitrogens is 1. The summed E-state index contributed by atoms with van der Waals surface area (Å²) in [4.78, 5) is 14.9. The highest BCUT2D eigenvalue weighted by Crippen LogP contribution is 2.19. The van der Waals surface area contributed by atoms with E-state index in [9.17, 15) is 0 Å². The van der Waals surface area contributed by atoms with Crippen molar-refractivity contribution >= 4 is 17.1 Å². The molecule has 0 fully saturated rings. The molecule has 3 N–H and O–H groups in total. The predicted molar refractivity (Wildman–Crippen MR) is 61.0 cm³/mol. The first kappa shape index (κ1) is 10.4. The second-order valence-electron chi connectivity index (χ2n) is 3.54. The molecule has 6 heteroatoms. The van der Waals surface area contributed by atoms with Gasteiger partial charge in [0.05, 0.1) is 12.9 Å². The first-order valence-corrected chi connectivity index (χ1v) is 4.90. The molecular weight excluding hydrogens is 206 g/mol. The van der Waals surface area contributed by atoms with Gasteiger partial charge in [0.15, 0.2) is 5.65 Å². The normalized spacial score (nSPS) is 10.6. The minimum Gasteiger partial charge on any atom is -0.476 e. The van der Waals surface area contributed by atoms with Crippen LogP contribution in [0.5, 0.6) is 5.88 Å². The van der Waals surface area contributed by atoms with E-state index in [0.29, 0.717) is 23.7 Å². The molecule has 0 aliphatic rings. The second kappa shape index (κ2) is 4.18. The van der Waals surface area contributed by atoms with Crippen molar-refractivity contribution < 1.29 is 4.74 Å². The summed E-state index contributed by atoms with van der Waals surface area (Å²) in [6.45, 7) is 6.26. The minimum atomic E-state index is 0.157. The third-order valence-electron chi connectivity index (χ3n) is 2.04. The molecule has 2 aromatic rings. The molecule has 0 unspecified atom stereocenters. The van der Waals surface area contributed by atoms with Gasteiger partial charge in [-0.3, -0.25) is 0 Å². The molecule has 0 aliphatic carbocycles. The van der Waals surface area contributed by atoms with Crippen LogP contribution in [0.3, 0.4) is 0 Å². The molecule has 0 bridgehead atoms. The maximum atomic E-state index is 5.54. The molecule has 6 nitrogen and oxygen atoms in total. The molecule has 0 atom stereocenters. The zero-order valence-electron chi connectivity index (χ0n) is 9.03. The van der Waals surface area contributed by atoms with Crippen LogP contribution in [0.25, 0.3) is 11.2 Å². The smallest absolute Gasteiger partial charge is 0.245 e. The zero-order chi connectivity index (χ0) is 11.5. The summed E-state index contributed by atoms with van der Waals surface area (Å²) in [6.07, 6.45) is 2.31. The van der Waals surface area contributed by atoms with Gasteiger partial charge >= 0.3 is 0 Å². The Kier molecular flexibility index (Phi) is 2.72. The lowest BCUT2D eigenvalue weighted by atomic mass is 10.3. The van der Waals surface area contributed by atoms with Gasteiger partial charge in [-0.15, -0.1) is 6.58 Å². The third kappa shape index (κ3) is 2.10. The van der Waals surface area contributed by atoms with Gasteiger partial charge in [-0.2, -0.15) is 9.97 Å². The van der Waals surface area contributed by atoms with Gasteiger partial charge in [-0.1, -0.05) is 5.57 Å². The van der Waals surface area contributed by atoms with Crippen LogP contribution < -0.4 is 10.5 Å². The number of hydrogen-bond acceptors (Lipinski definition) is 5. The van der Waals surface area contributed by atoms with Crippen molar-refractivity contribution in [3.05, 3.63) is 18.5 Å². The Morgan fingerprint density at radius 1 is 1.56 bits per heavy atom. The molecule has 0 saturated heterocycles. The van der Waals surface area contributed by atoms with E-state index < -0.39 is 0 Å². The lowest BCUT2D eigenvalue weighted by Crippen LogP contribution is -2.03. The number of nitrogens with two attached hydrogens (primary N) is 1. The zero-order valence-corrected chi connectivity index (χ0v) is 9.03. The topological polar surface area (TPSA) is 89.7 Å². The van der Waals surface area contributed by atoms with Crippen LogP contribution in [0.2, 0.25) is 0 Å².